The van der Waals surface area contributed by atoms with E-state index in [1.165, 1.54) is 11.0 Å². The van der Waals surface area contributed by atoms with Gasteiger partial charge in [-0.2, -0.15) is 13.2 Å². The Kier molecular flexibility index (Phi) is 6.82. The molecule has 0 unspecified atom stereocenters. The Labute approximate surface area is 202 Å². The number of anilines is 2. The Morgan fingerprint density at radius 1 is 0.971 bits per heavy atom. The maximum atomic E-state index is 13.4. The number of hydrogen-bond acceptors (Lipinski definition) is 2. The average Bonchev–Trinajstić information content (AvgIpc) is 2.81. The van der Waals surface area contributed by atoms with E-state index < -0.39 is 11.7 Å². The van der Waals surface area contributed by atoms with Gasteiger partial charge in [-0.25, -0.2) is 4.79 Å². The van der Waals surface area contributed by atoms with Crippen molar-refractivity contribution in [3.8, 4) is 0 Å². The van der Waals surface area contributed by atoms with Gasteiger partial charge in [-0.1, -0.05) is 36.4 Å². The molecule has 1 heterocycles. The molecule has 0 saturated carbocycles. The molecule has 1 aliphatic heterocycles. The first-order valence-electron chi connectivity index (χ1n) is 11.3. The third-order valence-corrected chi connectivity index (χ3v) is 6.02. The summed E-state index contributed by atoms with van der Waals surface area (Å²) in [5, 5.41) is 2.94. The molecule has 1 aliphatic rings. The van der Waals surface area contributed by atoms with Gasteiger partial charge in [0.05, 0.1) is 16.9 Å². The van der Waals surface area contributed by atoms with E-state index in [9.17, 15) is 22.8 Å². The summed E-state index contributed by atoms with van der Waals surface area (Å²) in [7, 11) is 0. The highest BCUT2D eigenvalue weighted by molar-refractivity contribution is 6.08. The summed E-state index contributed by atoms with van der Waals surface area (Å²) < 4.78 is 39.3. The van der Waals surface area contributed by atoms with Gasteiger partial charge in [-0.05, 0) is 67.3 Å². The molecule has 3 amide bonds. The first-order chi connectivity index (χ1) is 16.6. The van der Waals surface area contributed by atoms with Crippen molar-refractivity contribution in [1.82, 2.24) is 4.90 Å². The van der Waals surface area contributed by atoms with Gasteiger partial charge in [-0.15, -0.1) is 0 Å². The monoisotopic (exact) mass is 481 g/mol. The van der Waals surface area contributed by atoms with Crippen molar-refractivity contribution in [3.63, 3.8) is 0 Å². The Bertz CT molecular complexity index is 1260. The summed E-state index contributed by atoms with van der Waals surface area (Å²) in [6.07, 6.45) is -3.80. The number of aryl methyl sites for hydroxylation is 2. The molecule has 0 bridgehead atoms. The van der Waals surface area contributed by atoms with E-state index in [0.717, 1.165) is 23.3 Å². The maximum absolute atomic E-state index is 13.4. The van der Waals surface area contributed by atoms with E-state index in [-0.39, 0.29) is 18.5 Å². The van der Waals surface area contributed by atoms with Crippen LogP contribution in [0.15, 0.2) is 66.7 Å². The summed E-state index contributed by atoms with van der Waals surface area (Å²) >= 11 is 0. The molecular formula is C27H26F3N3O2. The van der Waals surface area contributed by atoms with Crippen molar-refractivity contribution in [2.24, 2.45) is 0 Å². The lowest BCUT2D eigenvalue weighted by Gasteiger charge is -2.36. The van der Waals surface area contributed by atoms with Gasteiger partial charge in [0.15, 0.2) is 0 Å². The normalized spacial score (nSPS) is 14.3. The Hall–Kier alpha value is -3.81. The minimum Gasteiger partial charge on any atom is -0.320 e. The lowest BCUT2D eigenvalue weighted by atomic mass is 10.1. The summed E-state index contributed by atoms with van der Waals surface area (Å²) in [6, 6.07) is 17.4. The molecule has 5 nitrogen and oxygen atoms in total. The zero-order chi connectivity index (χ0) is 25.2. The lowest BCUT2D eigenvalue weighted by Crippen LogP contribution is -2.49. The molecule has 35 heavy (non-hydrogen) atoms. The van der Waals surface area contributed by atoms with Crippen molar-refractivity contribution < 1.29 is 22.8 Å². The van der Waals surface area contributed by atoms with E-state index in [4.69, 9.17) is 0 Å². The van der Waals surface area contributed by atoms with Crippen molar-refractivity contribution in [2.45, 2.75) is 33.0 Å². The number of nitrogens with one attached hydrogen (secondary N) is 1. The number of halogens is 3. The first-order valence-corrected chi connectivity index (χ1v) is 11.3. The highest BCUT2D eigenvalue weighted by atomic mass is 19.4. The average molecular weight is 482 g/mol. The van der Waals surface area contributed by atoms with Crippen LogP contribution in [0.4, 0.5) is 29.3 Å². The van der Waals surface area contributed by atoms with E-state index in [1.807, 2.05) is 38.1 Å². The largest absolute Gasteiger partial charge is 0.416 e. The number of carbonyl (C=O) groups excluding carboxylic acids is 2. The zero-order valence-corrected chi connectivity index (χ0v) is 19.5. The summed E-state index contributed by atoms with van der Waals surface area (Å²) in [5.41, 5.74) is 3.02. The number of carbonyl (C=O) groups is 2. The fraction of sp³-hybridized carbons (Fsp3) is 0.259. The standard InChI is InChI=1S/C27H26F3N3O2/c1-18-11-12-24(23(15-18)31-25(34)22-10-4-3-7-19(22)2)33-14-6-13-32(26(33)35)17-20-8-5-9-21(16-20)27(28,29)30/h3-5,7-12,15-16H,6,13-14,17H2,1-2H3,(H,31,34). The lowest BCUT2D eigenvalue weighted by molar-refractivity contribution is -0.137. The Balaban J connectivity index is 1.58. The second kappa shape index (κ2) is 9.82. The molecule has 3 aromatic carbocycles. The van der Waals surface area contributed by atoms with Gasteiger partial charge in [0.25, 0.3) is 5.91 Å². The molecule has 0 radical (unpaired) electrons. The third kappa shape index (κ3) is 5.48. The maximum Gasteiger partial charge on any atom is 0.416 e. The zero-order valence-electron chi connectivity index (χ0n) is 19.5. The predicted octanol–water partition coefficient (Wildman–Crippen LogP) is 6.41. The van der Waals surface area contributed by atoms with Crippen LogP contribution in [-0.4, -0.2) is 29.9 Å². The number of urea groups is 1. The minimum atomic E-state index is -4.44. The molecule has 1 saturated heterocycles. The second-order valence-corrected chi connectivity index (χ2v) is 8.70. The number of alkyl halides is 3. The van der Waals surface area contributed by atoms with Crippen LogP contribution in [0.3, 0.4) is 0 Å². The van der Waals surface area contributed by atoms with Crippen LogP contribution in [0.1, 0.15) is 39.0 Å². The van der Waals surface area contributed by atoms with E-state index in [1.54, 1.807) is 29.2 Å². The predicted molar refractivity (Wildman–Crippen MR) is 130 cm³/mol. The molecule has 4 rings (SSSR count). The van der Waals surface area contributed by atoms with Crippen LogP contribution in [0.2, 0.25) is 0 Å². The van der Waals surface area contributed by atoms with Gasteiger partial charge in [-0.3, -0.25) is 9.69 Å². The highest BCUT2D eigenvalue weighted by Gasteiger charge is 2.32. The number of nitrogens with zero attached hydrogens (tertiary/aromatic N) is 2. The van der Waals surface area contributed by atoms with Crippen LogP contribution < -0.4 is 10.2 Å². The molecule has 1 fully saturated rings. The van der Waals surface area contributed by atoms with Gasteiger partial charge >= 0.3 is 12.2 Å². The SMILES string of the molecule is Cc1ccc(N2CCCN(Cc3cccc(C(F)(F)F)c3)C2=O)c(NC(=O)c2ccccc2C)c1. The number of rotatable bonds is 5. The molecule has 8 heteroatoms. The summed E-state index contributed by atoms with van der Waals surface area (Å²) in [6.45, 7) is 4.68. The molecule has 0 aromatic heterocycles. The van der Waals surface area contributed by atoms with Crippen molar-refractivity contribution in [2.75, 3.05) is 23.3 Å². The van der Waals surface area contributed by atoms with Crippen LogP contribution >= 0.6 is 0 Å². The van der Waals surface area contributed by atoms with Gasteiger partial charge in [0.2, 0.25) is 0 Å². The van der Waals surface area contributed by atoms with Gasteiger partial charge in [0.1, 0.15) is 0 Å². The molecule has 1 N–H and O–H groups in total. The molecule has 0 spiro atoms. The number of hydrogen-bond donors (Lipinski definition) is 1. The molecular weight excluding hydrogens is 455 g/mol. The van der Waals surface area contributed by atoms with Crippen LogP contribution in [0.5, 0.6) is 0 Å². The summed E-state index contributed by atoms with van der Waals surface area (Å²) in [5.74, 6) is -0.278. The number of benzene rings is 3. The minimum absolute atomic E-state index is 0.0655. The Morgan fingerprint density at radius 3 is 2.49 bits per heavy atom. The third-order valence-electron chi connectivity index (χ3n) is 6.02. The van der Waals surface area contributed by atoms with Crippen molar-refractivity contribution in [3.05, 3.63) is 94.5 Å². The van der Waals surface area contributed by atoms with Gasteiger partial charge in [0, 0.05) is 25.2 Å². The van der Waals surface area contributed by atoms with Gasteiger partial charge < -0.3 is 10.2 Å². The molecule has 0 aliphatic carbocycles. The highest BCUT2D eigenvalue weighted by Crippen LogP contribution is 2.32. The van der Waals surface area contributed by atoms with E-state index in [0.29, 0.717) is 42.0 Å². The van der Waals surface area contributed by atoms with Crippen LogP contribution in [-0.2, 0) is 12.7 Å². The van der Waals surface area contributed by atoms with E-state index >= 15 is 0 Å². The van der Waals surface area contributed by atoms with Crippen LogP contribution in [0, 0.1) is 13.8 Å². The fourth-order valence-corrected chi connectivity index (χ4v) is 4.22. The van der Waals surface area contributed by atoms with E-state index in [2.05, 4.69) is 5.32 Å². The number of amides is 3. The molecule has 182 valence electrons. The Morgan fingerprint density at radius 2 is 1.74 bits per heavy atom. The second-order valence-electron chi connectivity index (χ2n) is 8.70. The quantitative estimate of drug-likeness (QED) is 0.458. The first kappa shape index (κ1) is 24.3. The summed E-state index contributed by atoms with van der Waals surface area (Å²) in [4.78, 5) is 29.4. The molecule has 3 aromatic rings. The fourth-order valence-electron chi connectivity index (χ4n) is 4.22. The van der Waals surface area contributed by atoms with Crippen molar-refractivity contribution in [1.29, 1.82) is 0 Å². The van der Waals surface area contributed by atoms with Crippen molar-refractivity contribution >= 4 is 23.3 Å². The van der Waals surface area contributed by atoms with Crippen LogP contribution in [0.25, 0.3) is 0 Å². The smallest absolute Gasteiger partial charge is 0.320 e. The molecule has 0 atom stereocenters. The topological polar surface area (TPSA) is 52.6 Å².